The molecule has 16 heavy (non-hydrogen) atoms. The van der Waals surface area contributed by atoms with Crippen LogP contribution in [0.15, 0.2) is 0 Å². The molecule has 0 aromatic rings. The highest BCUT2D eigenvalue weighted by Gasteiger charge is 2.28. The molecule has 0 aliphatic rings. The van der Waals surface area contributed by atoms with E-state index in [9.17, 15) is 0 Å². The van der Waals surface area contributed by atoms with E-state index < -0.39 is 10.3 Å². The van der Waals surface area contributed by atoms with E-state index in [0.29, 0.717) is 6.61 Å². The Morgan fingerprint density at radius 2 is 1.44 bits per heavy atom. The molecular weight excluding hydrogens is 222 g/mol. The lowest BCUT2D eigenvalue weighted by atomic mass is 10.3. The van der Waals surface area contributed by atoms with Gasteiger partial charge in [-0.1, -0.05) is 34.6 Å². The summed E-state index contributed by atoms with van der Waals surface area (Å²) in [6.45, 7) is 12.1. The molecule has 0 unspecified atom stereocenters. The van der Waals surface area contributed by atoms with Crippen LogP contribution in [0, 0.1) is 0 Å². The van der Waals surface area contributed by atoms with E-state index in [1.54, 1.807) is 0 Å². The van der Waals surface area contributed by atoms with Gasteiger partial charge in [0.25, 0.3) is 0 Å². The van der Waals surface area contributed by atoms with Crippen LogP contribution in [0.2, 0.25) is 0 Å². The minimum Gasteiger partial charge on any atom is -0.337 e. The molecule has 0 rings (SSSR count). The average Bonchev–Trinajstić information content (AvgIpc) is 2.19. The second-order valence-electron chi connectivity index (χ2n) is 4.75. The van der Waals surface area contributed by atoms with Gasteiger partial charge in [-0.2, -0.15) is 0 Å². The zero-order valence-electron chi connectivity index (χ0n) is 12.1. The maximum Gasteiger partial charge on any atom is 0.0680 e. The van der Waals surface area contributed by atoms with Gasteiger partial charge in [0.1, 0.15) is 0 Å². The van der Waals surface area contributed by atoms with E-state index in [4.69, 9.17) is 10.1 Å². The summed E-state index contributed by atoms with van der Waals surface area (Å²) in [6, 6.07) is 0. The second kappa shape index (κ2) is 9.28. The SMILES string of the molecule is CC.CC(C)(C)S(C)(C)OCCCCON. The molecular formula is C12H31NO2S. The quantitative estimate of drug-likeness (QED) is 0.582. The standard InChI is InChI=1S/C10H25NO2S.C2H6/c1-10(2,3)14(4,5)13-9-7-6-8-12-11;1-2/h6-9,11H2,1-5H3;1-2H3. The molecule has 0 bridgehead atoms. The maximum absolute atomic E-state index is 5.93. The molecule has 0 aromatic carbocycles. The van der Waals surface area contributed by atoms with Crippen molar-refractivity contribution in [2.45, 2.75) is 52.2 Å². The van der Waals surface area contributed by atoms with Gasteiger partial charge in [0.05, 0.1) is 13.2 Å². The summed E-state index contributed by atoms with van der Waals surface area (Å²) in [5.41, 5.74) is 0. The lowest BCUT2D eigenvalue weighted by Gasteiger charge is -2.43. The maximum atomic E-state index is 5.93. The molecule has 4 heteroatoms. The van der Waals surface area contributed by atoms with E-state index >= 15 is 0 Å². The third kappa shape index (κ3) is 8.39. The van der Waals surface area contributed by atoms with E-state index in [2.05, 4.69) is 38.1 Å². The first-order chi connectivity index (χ1) is 7.31. The highest BCUT2D eigenvalue weighted by atomic mass is 32.3. The summed E-state index contributed by atoms with van der Waals surface area (Å²) < 4.78 is 6.17. The molecule has 0 atom stereocenters. The van der Waals surface area contributed by atoms with Crippen LogP contribution in [0.1, 0.15) is 47.5 Å². The zero-order chi connectivity index (χ0) is 13.2. The Kier molecular flexibility index (Phi) is 10.8. The molecule has 0 aliphatic carbocycles. The van der Waals surface area contributed by atoms with E-state index in [1.165, 1.54) is 0 Å². The highest BCUT2D eigenvalue weighted by Crippen LogP contribution is 2.53. The monoisotopic (exact) mass is 253 g/mol. The van der Waals surface area contributed by atoms with Crippen molar-refractivity contribution in [3.8, 4) is 0 Å². The van der Waals surface area contributed by atoms with Crippen molar-refractivity contribution in [1.29, 1.82) is 0 Å². The Hall–Kier alpha value is 0.230. The zero-order valence-corrected chi connectivity index (χ0v) is 12.9. The van der Waals surface area contributed by atoms with Crippen LogP contribution in [0.5, 0.6) is 0 Å². The van der Waals surface area contributed by atoms with Crippen LogP contribution >= 0.6 is 10.3 Å². The summed E-state index contributed by atoms with van der Waals surface area (Å²) in [6.07, 6.45) is 6.42. The molecule has 0 saturated carbocycles. The summed E-state index contributed by atoms with van der Waals surface area (Å²) in [7, 11) is -0.957. The summed E-state index contributed by atoms with van der Waals surface area (Å²) in [4.78, 5) is 4.49. The molecule has 0 fully saturated rings. The van der Waals surface area contributed by atoms with Gasteiger partial charge in [-0.15, -0.1) is 10.3 Å². The largest absolute Gasteiger partial charge is 0.337 e. The predicted molar refractivity (Wildman–Crippen MR) is 75.9 cm³/mol. The number of nitrogens with two attached hydrogens (primary N) is 1. The van der Waals surface area contributed by atoms with Gasteiger partial charge in [0, 0.05) is 4.75 Å². The van der Waals surface area contributed by atoms with Gasteiger partial charge in [0.2, 0.25) is 0 Å². The van der Waals surface area contributed by atoms with Crippen molar-refractivity contribution in [1.82, 2.24) is 0 Å². The molecule has 0 amide bonds. The van der Waals surface area contributed by atoms with Crippen molar-refractivity contribution in [2.75, 3.05) is 25.7 Å². The van der Waals surface area contributed by atoms with E-state index in [1.807, 2.05) is 13.8 Å². The Morgan fingerprint density at radius 1 is 1.00 bits per heavy atom. The molecule has 0 radical (unpaired) electrons. The van der Waals surface area contributed by atoms with Crippen LogP contribution in [-0.2, 0) is 9.02 Å². The van der Waals surface area contributed by atoms with Crippen molar-refractivity contribution in [2.24, 2.45) is 5.90 Å². The molecule has 0 aliphatic heterocycles. The Labute approximate surface area is 104 Å². The molecule has 2 N–H and O–H groups in total. The van der Waals surface area contributed by atoms with Crippen molar-refractivity contribution in [3.63, 3.8) is 0 Å². The lowest BCUT2D eigenvalue weighted by molar-refractivity contribution is 0.130. The fourth-order valence-corrected chi connectivity index (χ4v) is 1.62. The van der Waals surface area contributed by atoms with E-state index in [0.717, 1.165) is 19.4 Å². The first-order valence-electron chi connectivity index (χ1n) is 6.00. The second-order valence-corrected chi connectivity index (χ2v) is 8.67. The van der Waals surface area contributed by atoms with Gasteiger partial charge < -0.3 is 9.02 Å². The first-order valence-corrected chi connectivity index (χ1v) is 8.37. The first kappa shape index (κ1) is 18.6. The van der Waals surface area contributed by atoms with Gasteiger partial charge >= 0.3 is 0 Å². The van der Waals surface area contributed by atoms with Crippen molar-refractivity contribution < 1.29 is 9.02 Å². The van der Waals surface area contributed by atoms with Crippen LogP contribution in [0.25, 0.3) is 0 Å². The van der Waals surface area contributed by atoms with Gasteiger partial charge in [-0.05, 0) is 25.4 Å². The third-order valence-electron chi connectivity index (χ3n) is 2.51. The summed E-state index contributed by atoms with van der Waals surface area (Å²) >= 11 is 0. The topological polar surface area (TPSA) is 44.5 Å². The predicted octanol–water partition coefficient (Wildman–Crippen LogP) is 3.48. The van der Waals surface area contributed by atoms with Gasteiger partial charge in [0.15, 0.2) is 0 Å². The lowest BCUT2D eigenvalue weighted by Crippen LogP contribution is -2.25. The molecule has 0 heterocycles. The molecule has 0 spiro atoms. The van der Waals surface area contributed by atoms with Gasteiger partial charge in [-0.25, -0.2) is 5.90 Å². The number of hydrogen-bond acceptors (Lipinski definition) is 3. The molecule has 3 nitrogen and oxygen atoms in total. The number of rotatable bonds is 6. The van der Waals surface area contributed by atoms with E-state index in [-0.39, 0.29) is 4.75 Å². The van der Waals surface area contributed by atoms with Crippen LogP contribution in [0.3, 0.4) is 0 Å². The molecule has 0 aromatic heterocycles. The third-order valence-corrected chi connectivity index (χ3v) is 6.21. The molecule has 0 saturated heterocycles. The van der Waals surface area contributed by atoms with Crippen LogP contribution in [0.4, 0.5) is 0 Å². The fraction of sp³-hybridized carbons (Fsp3) is 1.00. The summed E-state index contributed by atoms with van der Waals surface area (Å²) in [5, 5.41) is 0. The Bertz CT molecular complexity index is 156. The van der Waals surface area contributed by atoms with Crippen LogP contribution < -0.4 is 5.90 Å². The Morgan fingerprint density at radius 3 is 1.81 bits per heavy atom. The normalized spacial score (nSPS) is 13.0. The Balaban J connectivity index is 0. The molecule has 102 valence electrons. The fourth-order valence-electron chi connectivity index (χ4n) is 0.731. The van der Waals surface area contributed by atoms with Crippen molar-refractivity contribution >= 4 is 10.3 Å². The number of unbranched alkanes of at least 4 members (excludes halogenated alkanes) is 1. The summed E-state index contributed by atoms with van der Waals surface area (Å²) in [5.74, 6) is 4.93. The number of hydrogen-bond donors (Lipinski definition) is 1. The van der Waals surface area contributed by atoms with Crippen molar-refractivity contribution in [3.05, 3.63) is 0 Å². The minimum atomic E-state index is -0.957. The highest BCUT2D eigenvalue weighted by molar-refractivity contribution is 8.29. The minimum absolute atomic E-state index is 0.247. The van der Waals surface area contributed by atoms with Crippen LogP contribution in [-0.4, -0.2) is 30.5 Å². The van der Waals surface area contributed by atoms with Gasteiger partial charge in [-0.3, -0.25) is 0 Å². The average molecular weight is 253 g/mol. The smallest absolute Gasteiger partial charge is 0.0680 e.